The molecule has 4 aromatic rings. The molecule has 0 radical (unpaired) electrons. The zero-order chi connectivity index (χ0) is 32.0. The quantitative estimate of drug-likeness (QED) is 0.179. The van der Waals surface area contributed by atoms with Crippen LogP contribution < -0.4 is 15.4 Å². The highest BCUT2D eigenvalue weighted by Crippen LogP contribution is 2.39. The number of nitrogens with one attached hydrogen (secondary N) is 2. The molecule has 3 N–H and O–H groups in total. The number of alkyl halides is 3. The summed E-state index contributed by atoms with van der Waals surface area (Å²) in [5, 5.41) is 14.5. The van der Waals surface area contributed by atoms with Gasteiger partial charge in [-0.25, -0.2) is 23.5 Å². The molecular weight excluding hydrogens is 634 g/mol. The van der Waals surface area contributed by atoms with E-state index in [0.717, 1.165) is 38.1 Å². The van der Waals surface area contributed by atoms with Crippen molar-refractivity contribution in [3.63, 3.8) is 0 Å². The second-order valence-electron chi connectivity index (χ2n) is 9.76. The SMILES string of the molecule is CCOc1cc(Cl)c(-c2nc3cnc(NCc4ccc(F)c(F)c4)nc3n2CC2CCCNC2)c(Cl)c1.O=C(O)C(F)(F)F. The maximum Gasteiger partial charge on any atom is 0.490 e. The first kappa shape index (κ1) is 33.1. The minimum Gasteiger partial charge on any atom is -0.494 e. The molecule has 9 nitrogen and oxygen atoms in total. The lowest BCUT2D eigenvalue weighted by molar-refractivity contribution is -0.192. The number of aliphatic carboxylic acids is 1. The molecule has 2 aromatic heterocycles. The Morgan fingerprint density at radius 3 is 2.45 bits per heavy atom. The number of hydrogen-bond acceptors (Lipinski definition) is 7. The zero-order valence-corrected chi connectivity index (χ0v) is 24.7. The van der Waals surface area contributed by atoms with Gasteiger partial charge >= 0.3 is 12.1 Å². The number of rotatable bonds is 8. The molecule has 5 rings (SSSR count). The Balaban J connectivity index is 0.000000566. The zero-order valence-electron chi connectivity index (χ0n) is 23.2. The van der Waals surface area contributed by atoms with Crippen molar-refractivity contribution in [1.82, 2.24) is 24.8 Å². The maximum atomic E-state index is 13.6. The van der Waals surface area contributed by atoms with Crippen molar-refractivity contribution in [3.8, 4) is 17.1 Å². The highest BCUT2D eigenvalue weighted by molar-refractivity contribution is 6.39. The summed E-state index contributed by atoms with van der Waals surface area (Å²) in [5.74, 6) is -2.64. The minimum atomic E-state index is -5.08. The third-order valence-electron chi connectivity index (χ3n) is 6.55. The fourth-order valence-electron chi connectivity index (χ4n) is 4.55. The number of nitrogens with zero attached hydrogens (tertiary/aromatic N) is 4. The fourth-order valence-corrected chi connectivity index (χ4v) is 5.19. The minimum absolute atomic E-state index is 0.229. The maximum absolute atomic E-state index is 13.6. The Bertz CT molecular complexity index is 1610. The topological polar surface area (TPSA) is 114 Å². The number of anilines is 1. The first-order valence-corrected chi connectivity index (χ1v) is 14.2. The van der Waals surface area contributed by atoms with Crippen LogP contribution in [0.5, 0.6) is 5.75 Å². The van der Waals surface area contributed by atoms with Gasteiger partial charge in [0.05, 0.1) is 28.4 Å². The molecule has 0 spiro atoms. The van der Waals surface area contributed by atoms with E-state index in [1.54, 1.807) is 18.3 Å². The molecule has 0 aliphatic carbocycles. The fraction of sp³-hybridized carbons (Fsp3) is 0.357. The highest BCUT2D eigenvalue weighted by atomic mass is 35.5. The molecule has 1 aliphatic rings. The number of piperidine rings is 1. The van der Waals surface area contributed by atoms with Crippen molar-refractivity contribution in [1.29, 1.82) is 0 Å². The average molecular weight is 661 g/mol. The summed E-state index contributed by atoms with van der Waals surface area (Å²) in [5.41, 5.74) is 2.39. The summed E-state index contributed by atoms with van der Waals surface area (Å²) < 4.78 is 66.2. The largest absolute Gasteiger partial charge is 0.494 e. The molecule has 44 heavy (non-hydrogen) atoms. The van der Waals surface area contributed by atoms with Gasteiger partial charge < -0.3 is 25.0 Å². The van der Waals surface area contributed by atoms with E-state index >= 15 is 0 Å². The summed E-state index contributed by atoms with van der Waals surface area (Å²) in [6.07, 6.45) is -1.29. The van der Waals surface area contributed by atoms with Crippen molar-refractivity contribution in [2.24, 2.45) is 5.92 Å². The van der Waals surface area contributed by atoms with E-state index in [0.29, 0.717) is 68.9 Å². The third kappa shape index (κ3) is 8.24. The number of hydrogen-bond donors (Lipinski definition) is 3. The lowest BCUT2D eigenvalue weighted by Crippen LogP contribution is -2.32. The van der Waals surface area contributed by atoms with Gasteiger partial charge in [0.2, 0.25) is 5.95 Å². The van der Waals surface area contributed by atoms with Crippen molar-refractivity contribution in [2.75, 3.05) is 25.0 Å². The summed E-state index contributed by atoms with van der Waals surface area (Å²) in [4.78, 5) is 22.8. The van der Waals surface area contributed by atoms with E-state index in [4.69, 9.17) is 47.8 Å². The number of fused-ring (bicyclic) bond motifs is 1. The van der Waals surface area contributed by atoms with E-state index < -0.39 is 23.8 Å². The Morgan fingerprint density at radius 2 is 1.86 bits per heavy atom. The molecule has 236 valence electrons. The van der Waals surface area contributed by atoms with Crippen molar-refractivity contribution in [2.45, 2.75) is 39.0 Å². The monoisotopic (exact) mass is 660 g/mol. The van der Waals surface area contributed by atoms with Crippen LogP contribution in [0.1, 0.15) is 25.3 Å². The summed E-state index contributed by atoms with van der Waals surface area (Å²) >= 11 is 13.4. The molecule has 1 aliphatic heterocycles. The van der Waals surface area contributed by atoms with Crippen molar-refractivity contribution >= 4 is 46.3 Å². The van der Waals surface area contributed by atoms with E-state index in [2.05, 4.69) is 15.6 Å². The second-order valence-corrected chi connectivity index (χ2v) is 10.6. The van der Waals surface area contributed by atoms with Gasteiger partial charge in [0.25, 0.3) is 0 Å². The van der Waals surface area contributed by atoms with Crippen molar-refractivity contribution < 1.29 is 36.6 Å². The first-order valence-electron chi connectivity index (χ1n) is 13.4. The van der Waals surface area contributed by atoms with Crippen LogP contribution in [-0.2, 0) is 17.9 Å². The summed E-state index contributed by atoms with van der Waals surface area (Å²) in [6.45, 7) is 5.17. The van der Waals surface area contributed by atoms with Gasteiger partial charge in [0, 0.05) is 13.1 Å². The van der Waals surface area contributed by atoms with Crippen molar-refractivity contribution in [3.05, 3.63) is 63.8 Å². The normalized spacial score (nSPS) is 15.0. The number of benzene rings is 2. The van der Waals surface area contributed by atoms with Gasteiger partial charge in [-0.15, -0.1) is 0 Å². The molecule has 0 amide bonds. The number of carboxylic acids is 1. The molecule has 2 aromatic carbocycles. The van der Waals surface area contributed by atoms with Crippen LogP contribution in [-0.4, -0.2) is 56.5 Å². The summed E-state index contributed by atoms with van der Waals surface area (Å²) in [7, 11) is 0. The number of halogens is 7. The first-order chi connectivity index (χ1) is 20.9. The van der Waals surface area contributed by atoms with Crippen LogP contribution in [0.2, 0.25) is 10.0 Å². The molecule has 3 heterocycles. The average Bonchev–Trinajstić information content (AvgIpc) is 3.30. The van der Waals surface area contributed by atoms with E-state index in [9.17, 15) is 22.0 Å². The number of carbonyl (C=O) groups is 1. The van der Waals surface area contributed by atoms with Crippen LogP contribution in [0.3, 0.4) is 0 Å². The second kappa shape index (κ2) is 14.4. The number of imidazole rings is 1. The molecule has 1 atom stereocenters. The van der Waals surface area contributed by atoms with Gasteiger partial charge in [-0.2, -0.15) is 18.2 Å². The van der Waals surface area contributed by atoms with E-state index in [-0.39, 0.29) is 6.54 Å². The van der Waals surface area contributed by atoms with Crippen LogP contribution in [0.4, 0.5) is 27.9 Å². The molecule has 16 heteroatoms. The predicted octanol–water partition coefficient (Wildman–Crippen LogP) is 6.72. The Hall–Kier alpha value is -3.75. The van der Waals surface area contributed by atoms with Gasteiger partial charge in [0.15, 0.2) is 17.3 Å². The van der Waals surface area contributed by atoms with Crippen LogP contribution in [0.15, 0.2) is 36.5 Å². The molecule has 1 fully saturated rings. The van der Waals surface area contributed by atoms with Gasteiger partial charge in [0.1, 0.15) is 17.1 Å². The third-order valence-corrected chi connectivity index (χ3v) is 7.15. The summed E-state index contributed by atoms with van der Waals surface area (Å²) in [6, 6.07) is 7.23. The Kier molecular flexibility index (Phi) is 10.8. The molecule has 1 saturated heterocycles. The van der Waals surface area contributed by atoms with Crippen LogP contribution >= 0.6 is 23.2 Å². The van der Waals surface area contributed by atoms with Crippen LogP contribution in [0, 0.1) is 17.6 Å². The highest BCUT2D eigenvalue weighted by Gasteiger charge is 2.38. The van der Waals surface area contributed by atoms with Gasteiger partial charge in [-0.05, 0) is 68.6 Å². The Labute approximate surface area is 258 Å². The standard InChI is InChI=1S/C26H26Cl2F2N6O.C2HF3O2/c1-2-37-17-9-18(27)23(19(28)10-17)25-34-22-13-33-26(32-12-15-5-6-20(29)21(30)8-15)35-24(22)36(25)14-16-4-3-7-31-11-16;3-2(4,5)1(6)7/h5-6,8-10,13,16,31H,2-4,7,11-12,14H2,1H3,(H,32,33,35);(H,6,7). The lowest BCUT2D eigenvalue weighted by atomic mass is 9.99. The van der Waals surface area contributed by atoms with Gasteiger partial charge in [-0.1, -0.05) is 29.3 Å². The van der Waals surface area contributed by atoms with Crippen LogP contribution in [0.25, 0.3) is 22.6 Å². The molecular formula is C28H27Cl2F5N6O3. The Morgan fingerprint density at radius 1 is 1.16 bits per heavy atom. The number of aromatic nitrogens is 4. The number of ether oxygens (including phenoxy) is 1. The van der Waals surface area contributed by atoms with Gasteiger partial charge in [-0.3, -0.25) is 0 Å². The molecule has 0 bridgehead atoms. The van der Waals surface area contributed by atoms with E-state index in [1.165, 1.54) is 6.07 Å². The lowest BCUT2D eigenvalue weighted by Gasteiger charge is -2.24. The van der Waals surface area contributed by atoms with E-state index in [1.807, 2.05) is 11.5 Å². The smallest absolute Gasteiger partial charge is 0.490 e. The molecule has 0 saturated carbocycles. The number of carboxylic acid groups (broad SMARTS) is 1. The molecule has 1 unspecified atom stereocenters. The predicted molar refractivity (Wildman–Crippen MR) is 155 cm³/mol.